The van der Waals surface area contributed by atoms with Crippen LogP contribution in [0.1, 0.15) is 10.4 Å². The topological polar surface area (TPSA) is 38.0 Å². The first-order valence-corrected chi connectivity index (χ1v) is 6.98. The fourth-order valence-corrected chi connectivity index (χ4v) is 3.05. The monoisotopic (exact) mass is 302 g/mol. The van der Waals surface area contributed by atoms with E-state index in [0.717, 1.165) is 4.88 Å². The third-order valence-corrected chi connectivity index (χ3v) is 4.28. The minimum atomic E-state index is -0.558. The van der Waals surface area contributed by atoms with E-state index in [-0.39, 0.29) is 18.0 Å². The maximum absolute atomic E-state index is 13.6. The second-order valence-corrected chi connectivity index (χ2v) is 5.57. The Morgan fingerprint density at radius 2 is 1.89 bits per heavy atom. The van der Waals surface area contributed by atoms with Crippen LogP contribution in [0.15, 0.2) is 29.6 Å². The molecule has 6 heteroatoms. The number of halogens is 3. The van der Waals surface area contributed by atoms with Crippen LogP contribution in [0.2, 0.25) is 5.02 Å². The molecule has 1 heterocycles. The van der Waals surface area contributed by atoms with Crippen molar-refractivity contribution >= 4 is 22.9 Å². The fraction of sp³-hybridized carbons (Fsp3) is 0.231. The minimum Gasteiger partial charge on any atom is -0.271 e. The molecule has 1 aromatic carbocycles. The van der Waals surface area contributed by atoms with E-state index < -0.39 is 11.6 Å². The third-order valence-electron chi connectivity index (χ3n) is 2.87. The van der Waals surface area contributed by atoms with Crippen molar-refractivity contribution in [2.24, 2.45) is 5.84 Å². The minimum absolute atomic E-state index is 0.0399. The SMILES string of the molecule is NNC(Cc1sccc1Cl)Cc1c(F)cccc1F. The zero-order valence-electron chi connectivity index (χ0n) is 10.00. The van der Waals surface area contributed by atoms with Gasteiger partial charge in [-0.15, -0.1) is 11.3 Å². The first kappa shape index (κ1) is 14.4. The van der Waals surface area contributed by atoms with Crippen LogP contribution in [0.4, 0.5) is 8.78 Å². The molecular formula is C13H13ClF2N2S. The predicted octanol–water partition coefficient (Wildman–Crippen LogP) is 3.30. The number of nitrogens with one attached hydrogen (secondary N) is 1. The molecule has 102 valence electrons. The van der Waals surface area contributed by atoms with E-state index in [9.17, 15) is 8.78 Å². The van der Waals surface area contributed by atoms with E-state index in [0.29, 0.717) is 11.4 Å². The van der Waals surface area contributed by atoms with Gasteiger partial charge in [-0.05, 0) is 30.0 Å². The Morgan fingerprint density at radius 3 is 2.42 bits per heavy atom. The molecule has 0 aliphatic heterocycles. The summed E-state index contributed by atoms with van der Waals surface area (Å²) < 4.78 is 27.1. The Hall–Kier alpha value is -1.01. The molecular weight excluding hydrogens is 290 g/mol. The molecule has 0 spiro atoms. The highest BCUT2D eigenvalue weighted by Crippen LogP contribution is 2.24. The highest BCUT2D eigenvalue weighted by molar-refractivity contribution is 7.10. The molecule has 0 radical (unpaired) electrons. The van der Waals surface area contributed by atoms with Crippen LogP contribution in [0, 0.1) is 11.6 Å². The summed E-state index contributed by atoms with van der Waals surface area (Å²) in [6.07, 6.45) is 0.698. The number of hydrogen-bond acceptors (Lipinski definition) is 3. The molecule has 1 atom stereocenters. The standard InChI is InChI=1S/C13H13ClF2N2S/c14-10-4-5-19-13(10)7-8(18-17)6-9-11(15)2-1-3-12(9)16/h1-5,8,18H,6-7,17H2. The normalized spacial score (nSPS) is 12.6. The molecule has 0 aliphatic carbocycles. The molecule has 1 unspecified atom stereocenters. The van der Waals surface area contributed by atoms with Gasteiger partial charge in [0.2, 0.25) is 0 Å². The number of hydrogen-bond donors (Lipinski definition) is 2. The lowest BCUT2D eigenvalue weighted by molar-refractivity contribution is 0.486. The van der Waals surface area contributed by atoms with Gasteiger partial charge in [-0.25, -0.2) is 8.78 Å². The number of hydrazine groups is 1. The molecule has 0 amide bonds. The second-order valence-electron chi connectivity index (χ2n) is 4.16. The van der Waals surface area contributed by atoms with E-state index in [1.807, 2.05) is 5.38 Å². The highest BCUT2D eigenvalue weighted by atomic mass is 35.5. The van der Waals surface area contributed by atoms with Crippen LogP contribution in [0.3, 0.4) is 0 Å². The van der Waals surface area contributed by atoms with Crippen molar-refractivity contribution in [3.63, 3.8) is 0 Å². The van der Waals surface area contributed by atoms with Gasteiger partial charge < -0.3 is 0 Å². The van der Waals surface area contributed by atoms with E-state index >= 15 is 0 Å². The Morgan fingerprint density at radius 1 is 1.21 bits per heavy atom. The van der Waals surface area contributed by atoms with E-state index in [2.05, 4.69) is 5.43 Å². The van der Waals surface area contributed by atoms with E-state index in [1.165, 1.54) is 29.5 Å². The molecule has 2 rings (SSSR count). The van der Waals surface area contributed by atoms with Gasteiger partial charge in [0.05, 0.1) is 5.02 Å². The molecule has 2 aromatic rings. The fourth-order valence-electron chi connectivity index (χ4n) is 1.86. The number of nitrogens with two attached hydrogens (primary N) is 1. The number of rotatable bonds is 5. The van der Waals surface area contributed by atoms with Crippen molar-refractivity contribution in [3.8, 4) is 0 Å². The third kappa shape index (κ3) is 3.51. The van der Waals surface area contributed by atoms with Crippen molar-refractivity contribution in [3.05, 3.63) is 56.7 Å². The van der Waals surface area contributed by atoms with Crippen molar-refractivity contribution in [1.29, 1.82) is 0 Å². The van der Waals surface area contributed by atoms with Gasteiger partial charge >= 0.3 is 0 Å². The van der Waals surface area contributed by atoms with Gasteiger partial charge in [0.15, 0.2) is 0 Å². The molecule has 2 nitrogen and oxygen atoms in total. The summed E-state index contributed by atoms with van der Waals surface area (Å²) in [7, 11) is 0. The zero-order valence-corrected chi connectivity index (χ0v) is 11.6. The molecule has 0 saturated heterocycles. The lowest BCUT2D eigenvalue weighted by Gasteiger charge is -2.16. The summed E-state index contributed by atoms with van der Waals surface area (Å²) in [5, 5.41) is 2.52. The number of thiophene rings is 1. The highest BCUT2D eigenvalue weighted by Gasteiger charge is 2.17. The van der Waals surface area contributed by atoms with Gasteiger partial charge in [0, 0.05) is 22.9 Å². The Kier molecular flexibility index (Phi) is 4.87. The van der Waals surface area contributed by atoms with Gasteiger partial charge in [-0.3, -0.25) is 11.3 Å². The first-order valence-electron chi connectivity index (χ1n) is 5.72. The summed E-state index contributed by atoms with van der Waals surface area (Å²) in [6, 6.07) is 5.34. The molecule has 3 N–H and O–H groups in total. The van der Waals surface area contributed by atoms with Crippen LogP contribution in [-0.2, 0) is 12.8 Å². The maximum Gasteiger partial charge on any atom is 0.129 e. The van der Waals surface area contributed by atoms with Crippen LogP contribution >= 0.6 is 22.9 Å². The van der Waals surface area contributed by atoms with Crippen LogP contribution < -0.4 is 11.3 Å². The van der Waals surface area contributed by atoms with E-state index in [1.54, 1.807) is 6.07 Å². The molecule has 1 aromatic heterocycles. The molecule has 0 aliphatic rings. The van der Waals surface area contributed by atoms with Crippen molar-refractivity contribution in [1.82, 2.24) is 5.43 Å². The van der Waals surface area contributed by atoms with Crippen molar-refractivity contribution in [2.75, 3.05) is 0 Å². The van der Waals surface area contributed by atoms with Crippen molar-refractivity contribution < 1.29 is 8.78 Å². The number of benzene rings is 1. The summed E-state index contributed by atoms with van der Waals surface area (Å²) in [4.78, 5) is 0.946. The average Bonchev–Trinajstić information content (AvgIpc) is 2.78. The first-order chi connectivity index (χ1) is 9.11. The Labute approximate surface area is 119 Å². The van der Waals surface area contributed by atoms with Gasteiger partial charge in [-0.2, -0.15) is 0 Å². The van der Waals surface area contributed by atoms with Gasteiger partial charge in [0.25, 0.3) is 0 Å². The predicted molar refractivity (Wildman–Crippen MR) is 74.2 cm³/mol. The summed E-state index contributed by atoms with van der Waals surface area (Å²) in [5.41, 5.74) is 2.63. The molecule has 0 fully saturated rings. The second kappa shape index (κ2) is 6.43. The van der Waals surface area contributed by atoms with Crippen molar-refractivity contribution in [2.45, 2.75) is 18.9 Å². The van der Waals surface area contributed by atoms with Gasteiger partial charge in [0.1, 0.15) is 11.6 Å². The summed E-state index contributed by atoms with van der Waals surface area (Å²) >= 11 is 7.50. The van der Waals surface area contributed by atoms with Crippen LogP contribution in [0.5, 0.6) is 0 Å². The van der Waals surface area contributed by atoms with E-state index in [4.69, 9.17) is 17.4 Å². The van der Waals surface area contributed by atoms with Crippen LogP contribution in [0.25, 0.3) is 0 Å². The molecule has 19 heavy (non-hydrogen) atoms. The molecule has 0 bridgehead atoms. The summed E-state index contributed by atoms with van der Waals surface area (Å²) in [5.74, 6) is 4.34. The molecule has 0 saturated carbocycles. The largest absolute Gasteiger partial charge is 0.271 e. The average molecular weight is 303 g/mol. The quantitative estimate of drug-likeness (QED) is 0.657. The lowest BCUT2D eigenvalue weighted by Crippen LogP contribution is -2.38. The van der Waals surface area contributed by atoms with Gasteiger partial charge in [-0.1, -0.05) is 17.7 Å². The Balaban J connectivity index is 2.13. The Bertz CT molecular complexity index is 539. The zero-order chi connectivity index (χ0) is 13.8. The maximum atomic E-state index is 13.6. The summed E-state index contributed by atoms with van der Waals surface area (Å²) in [6.45, 7) is 0. The smallest absolute Gasteiger partial charge is 0.129 e. The van der Waals surface area contributed by atoms with Crippen LogP contribution in [-0.4, -0.2) is 6.04 Å². The lowest BCUT2D eigenvalue weighted by atomic mass is 10.0.